The summed E-state index contributed by atoms with van der Waals surface area (Å²) < 4.78 is 53.3. The molecule has 0 bridgehead atoms. The van der Waals surface area contributed by atoms with E-state index in [4.69, 9.17) is 0 Å². The highest BCUT2D eigenvalue weighted by Crippen LogP contribution is 2.39. The minimum atomic E-state index is -4.44. The molecular weight excluding hydrogens is 554 g/mol. The first-order chi connectivity index (χ1) is 20.1. The molecule has 3 aliphatic rings. The molecule has 3 aliphatic heterocycles. The third-order valence-corrected chi connectivity index (χ3v) is 8.55. The van der Waals surface area contributed by atoms with Gasteiger partial charge in [0, 0.05) is 75.0 Å². The monoisotopic (exact) mass is 583 g/mol. The number of non-ortho nitro benzene ring substituents is 1. The van der Waals surface area contributed by atoms with Crippen LogP contribution >= 0.6 is 0 Å². The number of nitro benzene ring substituents is 1. The Morgan fingerprint density at radius 2 is 1.57 bits per heavy atom. The SMILES string of the molecule is O=C([C@@H]1Cc2cc([N+](=O)[O-])ccc2N2CCN(c3ccc(F)cc3)C[C@H]12)N1CCN(c2cccc(C(F)(F)F)c2)CC1. The van der Waals surface area contributed by atoms with Crippen LogP contribution in [0.1, 0.15) is 11.1 Å². The van der Waals surface area contributed by atoms with Crippen LogP contribution in [0.2, 0.25) is 0 Å². The average molecular weight is 584 g/mol. The molecule has 42 heavy (non-hydrogen) atoms. The van der Waals surface area contributed by atoms with Crippen molar-refractivity contribution in [2.24, 2.45) is 5.92 Å². The zero-order chi connectivity index (χ0) is 29.6. The van der Waals surface area contributed by atoms with Crippen molar-refractivity contribution < 1.29 is 27.3 Å². The van der Waals surface area contributed by atoms with Crippen molar-refractivity contribution in [1.29, 1.82) is 0 Å². The van der Waals surface area contributed by atoms with Crippen molar-refractivity contribution in [3.05, 3.63) is 93.8 Å². The minimum absolute atomic E-state index is 0.0296. The van der Waals surface area contributed by atoms with Crippen LogP contribution in [0.25, 0.3) is 0 Å². The van der Waals surface area contributed by atoms with E-state index in [1.165, 1.54) is 24.3 Å². The van der Waals surface area contributed by atoms with Gasteiger partial charge in [0.1, 0.15) is 5.82 Å². The number of piperazine rings is 2. The molecule has 220 valence electrons. The molecule has 3 aromatic carbocycles. The fourth-order valence-electron chi connectivity index (χ4n) is 6.39. The van der Waals surface area contributed by atoms with Gasteiger partial charge in [-0.15, -0.1) is 0 Å². The lowest BCUT2D eigenvalue weighted by Crippen LogP contribution is -2.62. The number of carbonyl (C=O) groups is 1. The number of carbonyl (C=O) groups excluding carboxylic acids is 1. The van der Waals surface area contributed by atoms with Gasteiger partial charge in [-0.05, 0) is 60.5 Å². The smallest absolute Gasteiger partial charge is 0.368 e. The van der Waals surface area contributed by atoms with E-state index in [0.29, 0.717) is 57.9 Å². The Bertz CT molecular complexity index is 1490. The maximum atomic E-state index is 14.1. The lowest BCUT2D eigenvalue weighted by atomic mass is 9.82. The second-order valence-electron chi connectivity index (χ2n) is 10.9. The molecule has 12 heteroatoms. The van der Waals surface area contributed by atoms with Gasteiger partial charge >= 0.3 is 6.18 Å². The van der Waals surface area contributed by atoms with Crippen LogP contribution in [0.5, 0.6) is 0 Å². The number of anilines is 3. The molecule has 2 saturated heterocycles. The van der Waals surface area contributed by atoms with Crippen LogP contribution < -0.4 is 14.7 Å². The first-order valence-corrected chi connectivity index (χ1v) is 13.8. The topological polar surface area (TPSA) is 73.2 Å². The van der Waals surface area contributed by atoms with Crippen molar-refractivity contribution in [3.63, 3.8) is 0 Å². The Morgan fingerprint density at radius 1 is 0.857 bits per heavy atom. The first-order valence-electron chi connectivity index (χ1n) is 13.8. The number of hydrogen-bond donors (Lipinski definition) is 0. The van der Waals surface area contributed by atoms with Crippen molar-refractivity contribution in [3.8, 4) is 0 Å². The zero-order valence-electron chi connectivity index (χ0n) is 22.6. The normalized spacial score (nSPS) is 20.7. The van der Waals surface area contributed by atoms with Crippen molar-refractivity contribution in [2.75, 3.05) is 60.5 Å². The molecule has 2 atom stereocenters. The maximum Gasteiger partial charge on any atom is 0.416 e. The third kappa shape index (κ3) is 5.33. The standard InChI is InChI=1S/C30H29F4N5O3/c31-22-4-6-23(7-5-22)37-14-15-38-27-9-8-25(39(41)42)16-20(27)17-26(28(38)19-37)29(40)36-12-10-35(11-13-36)24-3-1-2-21(18-24)30(32,33)34/h1-9,16,18,26,28H,10-15,17,19H2/t26-,28-/m1/s1. The predicted octanol–water partition coefficient (Wildman–Crippen LogP) is 4.97. The summed E-state index contributed by atoms with van der Waals surface area (Å²) in [5.41, 5.74) is 2.20. The maximum absolute atomic E-state index is 14.1. The average Bonchev–Trinajstić information content (AvgIpc) is 3.00. The van der Waals surface area contributed by atoms with Gasteiger partial charge in [-0.2, -0.15) is 13.2 Å². The van der Waals surface area contributed by atoms with Crippen LogP contribution in [0.3, 0.4) is 0 Å². The van der Waals surface area contributed by atoms with Gasteiger partial charge in [-0.25, -0.2) is 4.39 Å². The molecule has 8 nitrogen and oxygen atoms in total. The molecule has 0 unspecified atom stereocenters. The summed E-state index contributed by atoms with van der Waals surface area (Å²) in [4.78, 5) is 33.0. The highest BCUT2D eigenvalue weighted by molar-refractivity contribution is 5.83. The third-order valence-electron chi connectivity index (χ3n) is 8.55. The molecule has 3 aromatic rings. The Hall–Kier alpha value is -4.35. The van der Waals surface area contributed by atoms with Crippen molar-refractivity contribution in [2.45, 2.75) is 18.6 Å². The molecule has 3 heterocycles. The lowest BCUT2D eigenvalue weighted by molar-refractivity contribution is -0.384. The van der Waals surface area contributed by atoms with Crippen LogP contribution in [0.4, 0.5) is 40.3 Å². The predicted molar refractivity (Wildman–Crippen MR) is 150 cm³/mol. The fourth-order valence-corrected chi connectivity index (χ4v) is 6.39. The number of rotatable bonds is 4. The van der Waals surface area contributed by atoms with Gasteiger partial charge in [-0.1, -0.05) is 6.07 Å². The summed E-state index contributed by atoms with van der Waals surface area (Å²) in [7, 11) is 0. The number of nitrogens with zero attached hydrogens (tertiary/aromatic N) is 5. The molecule has 0 radical (unpaired) electrons. The van der Waals surface area contributed by atoms with Gasteiger partial charge in [0.05, 0.1) is 22.4 Å². The summed E-state index contributed by atoms with van der Waals surface area (Å²) in [6.45, 7) is 3.21. The van der Waals surface area contributed by atoms with E-state index < -0.39 is 22.6 Å². The van der Waals surface area contributed by atoms with Crippen molar-refractivity contribution >= 4 is 28.7 Å². The Kier molecular flexibility index (Phi) is 7.15. The summed E-state index contributed by atoms with van der Waals surface area (Å²) in [6.07, 6.45) is -4.10. The second kappa shape index (κ2) is 10.8. The molecule has 0 N–H and O–H groups in total. The molecule has 0 saturated carbocycles. The van der Waals surface area contributed by atoms with Gasteiger partial charge in [0.15, 0.2) is 0 Å². The van der Waals surface area contributed by atoms with E-state index in [2.05, 4.69) is 9.80 Å². The molecule has 0 aliphatic carbocycles. The largest absolute Gasteiger partial charge is 0.416 e. The number of nitro groups is 1. The molecular formula is C30H29F4N5O3. The number of hydrogen-bond acceptors (Lipinski definition) is 6. The van der Waals surface area contributed by atoms with E-state index in [1.54, 1.807) is 35.2 Å². The number of amides is 1. The molecule has 1 amide bonds. The summed E-state index contributed by atoms with van der Waals surface area (Å²) in [5, 5.41) is 11.5. The molecule has 2 fully saturated rings. The number of fused-ring (bicyclic) bond motifs is 3. The van der Waals surface area contributed by atoms with Gasteiger partial charge in [0.25, 0.3) is 5.69 Å². The quantitative estimate of drug-likeness (QED) is 0.246. The molecule has 0 aromatic heterocycles. The molecule has 0 spiro atoms. The fraction of sp³-hybridized carbons (Fsp3) is 0.367. The number of benzene rings is 3. The van der Waals surface area contributed by atoms with E-state index in [0.717, 1.165) is 29.1 Å². The number of halogens is 4. The molecule has 6 rings (SSSR count). The number of alkyl halides is 3. The Labute approximate surface area is 239 Å². The lowest BCUT2D eigenvalue weighted by Gasteiger charge is -2.50. The first kappa shape index (κ1) is 27.8. The van der Waals surface area contributed by atoms with Crippen LogP contribution in [-0.4, -0.2) is 67.6 Å². The van der Waals surface area contributed by atoms with Gasteiger partial charge in [0.2, 0.25) is 5.91 Å². The van der Waals surface area contributed by atoms with Crippen LogP contribution in [0.15, 0.2) is 66.7 Å². The highest BCUT2D eigenvalue weighted by Gasteiger charge is 2.44. The Morgan fingerprint density at radius 3 is 2.26 bits per heavy atom. The van der Waals surface area contributed by atoms with Crippen LogP contribution in [0, 0.1) is 21.8 Å². The minimum Gasteiger partial charge on any atom is -0.368 e. The van der Waals surface area contributed by atoms with Gasteiger partial charge < -0.3 is 19.6 Å². The van der Waals surface area contributed by atoms with Gasteiger partial charge in [-0.3, -0.25) is 14.9 Å². The van der Waals surface area contributed by atoms with E-state index in [1.807, 2.05) is 4.90 Å². The zero-order valence-corrected chi connectivity index (χ0v) is 22.6. The summed E-state index contributed by atoms with van der Waals surface area (Å²) in [6, 6.07) is 16.0. The Balaban J connectivity index is 1.23. The highest BCUT2D eigenvalue weighted by atomic mass is 19.4. The van der Waals surface area contributed by atoms with E-state index in [9.17, 15) is 32.5 Å². The van der Waals surface area contributed by atoms with Crippen molar-refractivity contribution in [1.82, 2.24) is 4.90 Å². The van der Waals surface area contributed by atoms with E-state index >= 15 is 0 Å². The van der Waals surface area contributed by atoms with Crippen LogP contribution in [-0.2, 0) is 17.4 Å². The summed E-state index contributed by atoms with van der Waals surface area (Å²) in [5.74, 6) is -0.891. The van der Waals surface area contributed by atoms with E-state index in [-0.39, 0.29) is 23.5 Å². The summed E-state index contributed by atoms with van der Waals surface area (Å²) >= 11 is 0. The second-order valence-corrected chi connectivity index (χ2v) is 10.9.